The van der Waals surface area contributed by atoms with E-state index in [0.717, 1.165) is 25.1 Å². The van der Waals surface area contributed by atoms with Gasteiger partial charge >= 0.3 is 0 Å². The van der Waals surface area contributed by atoms with Crippen LogP contribution in [0.25, 0.3) is 0 Å². The molecular formula is C17H19NO2S. The van der Waals surface area contributed by atoms with Gasteiger partial charge in [-0.05, 0) is 48.1 Å². The molecule has 0 saturated heterocycles. The van der Waals surface area contributed by atoms with Gasteiger partial charge in [0.25, 0.3) is 0 Å². The van der Waals surface area contributed by atoms with Crippen molar-refractivity contribution < 1.29 is 9.53 Å². The van der Waals surface area contributed by atoms with E-state index in [-0.39, 0.29) is 5.78 Å². The van der Waals surface area contributed by atoms with Crippen LogP contribution in [0.15, 0.2) is 29.6 Å². The lowest BCUT2D eigenvalue weighted by atomic mass is 10.0. The third kappa shape index (κ3) is 3.01. The Morgan fingerprint density at radius 3 is 3.05 bits per heavy atom. The van der Waals surface area contributed by atoms with Crippen molar-refractivity contribution in [1.29, 1.82) is 0 Å². The van der Waals surface area contributed by atoms with Crippen molar-refractivity contribution in [3.63, 3.8) is 0 Å². The normalized spacial score (nSPS) is 14.8. The molecule has 0 fully saturated rings. The van der Waals surface area contributed by atoms with Gasteiger partial charge in [0, 0.05) is 18.0 Å². The van der Waals surface area contributed by atoms with Crippen molar-refractivity contribution in [2.45, 2.75) is 19.9 Å². The zero-order valence-corrected chi connectivity index (χ0v) is 13.2. The summed E-state index contributed by atoms with van der Waals surface area (Å²) in [7, 11) is 1.62. The van der Waals surface area contributed by atoms with Crippen LogP contribution in [0.4, 0.5) is 0 Å². The van der Waals surface area contributed by atoms with Crippen LogP contribution in [0, 0.1) is 6.92 Å². The third-order valence-electron chi connectivity index (χ3n) is 3.91. The summed E-state index contributed by atoms with van der Waals surface area (Å²) in [4.78, 5) is 16.2. The van der Waals surface area contributed by atoms with Gasteiger partial charge in [-0.25, -0.2) is 0 Å². The van der Waals surface area contributed by atoms with Gasteiger partial charge in [0.15, 0.2) is 5.78 Å². The van der Waals surface area contributed by atoms with Gasteiger partial charge in [0.2, 0.25) is 0 Å². The van der Waals surface area contributed by atoms with Gasteiger partial charge in [-0.3, -0.25) is 9.69 Å². The molecule has 1 aromatic carbocycles. The van der Waals surface area contributed by atoms with Gasteiger partial charge in [-0.1, -0.05) is 6.07 Å². The van der Waals surface area contributed by atoms with Crippen molar-refractivity contribution in [1.82, 2.24) is 4.90 Å². The van der Waals surface area contributed by atoms with Crippen LogP contribution >= 0.6 is 11.3 Å². The Morgan fingerprint density at radius 2 is 2.24 bits per heavy atom. The first-order valence-corrected chi connectivity index (χ1v) is 8.01. The van der Waals surface area contributed by atoms with E-state index in [4.69, 9.17) is 4.74 Å². The van der Waals surface area contributed by atoms with Crippen molar-refractivity contribution in [3.8, 4) is 5.75 Å². The number of ether oxygens (including phenoxy) is 1. The maximum Gasteiger partial charge on any atom is 0.180 e. The van der Waals surface area contributed by atoms with Crippen LogP contribution in [0.3, 0.4) is 0 Å². The zero-order chi connectivity index (χ0) is 14.8. The van der Waals surface area contributed by atoms with E-state index < -0.39 is 0 Å². The minimum atomic E-state index is 0.130. The van der Waals surface area contributed by atoms with Crippen molar-refractivity contribution in [2.24, 2.45) is 0 Å². The number of benzene rings is 1. The number of methoxy groups -OCH3 is 1. The topological polar surface area (TPSA) is 29.5 Å². The highest BCUT2D eigenvalue weighted by Crippen LogP contribution is 2.25. The minimum absolute atomic E-state index is 0.130. The summed E-state index contributed by atoms with van der Waals surface area (Å²) in [6.45, 7) is 4.28. The summed E-state index contributed by atoms with van der Waals surface area (Å²) in [5.74, 6) is 0.804. The fourth-order valence-electron chi connectivity index (χ4n) is 2.76. The second-order valence-corrected chi connectivity index (χ2v) is 6.46. The second kappa shape index (κ2) is 6.00. The first-order valence-electron chi connectivity index (χ1n) is 7.13. The number of carbonyl (C=O) groups excluding carboxylic acids is 1. The maximum atomic E-state index is 12.5. The van der Waals surface area contributed by atoms with Crippen LogP contribution in [0.2, 0.25) is 0 Å². The number of carbonyl (C=O) groups is 1. The molecule has 0 spiro atoms. The number of nitrogens with zero attached hydrogens (tertiary/aromatic N) is 1. The van der Waals surface area contributed by atoms with E-state index in [9.17, 15) is 4.79 Å². The highest BCUT2D eigenvalue weighted by atomic mass is 32.1. The highest BCUT2D eigenvalue weighted by Gasteiger charge is 2.21. The lowest BCUT2D eigenvalue weighted by Crippen LogP contribution is -2.34. The molecule has 0 radical (unpaired) electrons. The van der Waals surface area contributed by atoms with Crippen LogP contribution in [-0.2, 0) is 13.0 Å². The maximum absolute atomic E-state index is 12.5. The summed E-state index contributed by atoms with van der Waals surface area (Å²) in [5, 5.41) is 2.14. The predicted molar refractivity (Wildman–Crippen MR) is 85.4 cm³/mol. The summed E-state index contributed by atoms with van der Waals surface area (Å²) >= 11 is 1.82. The molecule has 1 aliphatic heterocycles. The van der Waals surface area contributed by atoms with Crippen LogP contribution in [-0.4, -0.2) is 30.9 Å². The number of hydrogen-bond acceptors (Lipinski definition) is 4. The van der Waals surface area contributed by atoms with Gasteiger partial charge in [0.1, 0.15) is 5.75 Å². The van der Waals surface area contributed by atoms with E-state index in [1.165, 1.54) is 10.4 Å². The molecule has 21 heavy (non-hydrogen) atoms. The predicted octanol–water partition coefficient (Wildman–Crippen LogP) is 3.31. The molecule has 2 heterocycles. The molecule has 110 valence electrons. The molecule has 3 nitrogen and oxygen atoms in total. The molecule has 1 aliphatic rings. The Kier molecular flexibility index (Phi) is 4.08. The number of ketones is 1. The molecule has 4 heteroatoms. The summed E-state index contributed by atoms with van der Waals surface area (Å²) in [5.41, 5.74) is 3.15. The van der Waals surface area contributed by atoms with Crippen molar-refractivity contribution in [3.05, 3.63) is 51.2 Å². The number of hydrogen-bond donors (Lipinski definition) is 0. The molecule has 0 unspecified atom stereocenters. The molecular weight excluding hydrogens is 282 g/mol. The molecule has 0 N–H and O–H groups in total. The largest absolute Gasteiger partial charge is 0.496 e. The molecule has 0 atom stereocenters. The first kappa shape index (κ1) is 14.3. The van der Waals surface area contributed by atoms with Gasteiger partial charge < -0.3 is 4.74 Å². The lowest BCUT2D eigenvalue weighted by Gasteiger charge is -2.26. The van der Waals surface area contributed by atoms with Crippen molar-refractivity contribution in [2.75, 3.05) is 20.2 Å². The number of thiophene rings is 1. The third-order valence-corrected chi connectivity index (χ3v) is 4.93. The van der Waals surface area contributed by atoms with E-state index in [1.807, 2.05) is 36.5 Å². The van der Waals surface area contributed by atoms with Gasteiger partial charge in [-0.2, -0.15) is 0 Å². The molecule has 1 aromatic heterocycles. The number of rotatable bonds is 4. The molecule has 0 aliphatic carbocycles. The Balaban J connectivity index is 1.73. The standard InChI is InChI=1S/C17H19NO2S/c1-12-3-4-14(16(9-12)20-2)15(19)11-18-7-5-17-13(10-18)6-8-21-17/h3-4,6,8-9H,5,7,10-11H2,1-2H3. The fraction of sp³-hybridized carbons (Fsp3) is 0.353. The fourth-order valence-corrected chi connectivity index (χ4v) is 3.65. The van der Waals surface area contributed by atoms with E-state index in [1.54, 1.807) is 7.11 Å². The van der Waals surface area contributed by atoms with Crippen molar-refractivity contribution >= 4 is 17.1 Å². The lowest BCUT2D eigenvalue weighted by molar-refractivity contribution is 0.0919. The summed E-state index contributed by atoms with van der Waals surface area (Å²) in [6, 6.07) is 7.92. The number of fused-ring (bicyclic) bond motifs is 1. The minimum Gasteiger partial charge on any atom is -0.496 e. The van der Waals surface area contributed by atoms with Crippen LogP contribution in [0.1, 0.15) is 26.4 Å². The van der Waals surface area contributed by atoms with Gasteiger partial charge in [0.05, 0.1) is 19.2 Å². The highest BCUT2D eigenvalue weighted by molar-refractivity contribution is 7.10. The Hall–Kier alpha value is -1.65. The van der Waals surface area contributed by atoms with Crippen LogP contribution in [0.5, 0.6) is 5.75 Å². The average Bonchev–Trinajstić information content (AvgIpc) is 2.94. The smallest absolute Gasteiger partial charge is 0.180 e. The molecule has 3 rings (SSSR count). The summed E-state index contributed by atoms with van der Waals surface area (Å²) < 4.78 is 5.34. The molecule has 0 saturated carbocycles. The first-order chi connectivity index (χ1) is 10.2. The molecule has 0 bridgehead atoms. The van der Waals surface area contributed by atoms with E-state index in [2.05, 4.69) is 16.3 Å². The zero-order valence-electron chi connectivity index (χ0n) is 12.4. The average molecular weight is 301 g/mol. The van der Waals surface area contributed by atoms with E-state index in [0.29, 0.717) is 17.9 Å². The number of aryl methyl sites for hydroxylation is 1. The Labute approximate surface area is 129 Å². The second-order valence-electron chi connectivity index (χ2n) is 5.46. The van der Waals surface area contributed by atoms with Gasteiger partial charge in [-0.15, -0.1) is 11.3 Å². The molecule has 0 amide bonds. The summed E-state index contributed by atoms with van der Waals surface area (Å²) in [6.07, 6.45) is 1.05. The Morgan fingerprint density at radius 1 is 1.38 bits per heavy atom. The monoisotopic (exact) mass is 301 g/mol. The number of Topliss-reactive ketones (excluding diaryl/α,β-unsaturated/α-hetero) is 1. The Bertz CT molecular complexity index is 663. The molecule has 2 aromatic rings. The van der Waals surface area contributed by atoms with E-state index >= 15 is 0 Å². The SMILES string of the molecule is COc1cc(C)ccc1C(=O)CN1CCc2sccc2C1. The quantitative estimate of drug-likeness (QED) is 0.812. The van der Waals surface area contributed by atoms with Crippen LogP contribution < -0.4 is 4.74 Å².